The van der Waals surface area contributed by atoms with E-state index < -0.39 is 5.60 Å². The van der Waals surface area contributed by atoms with Crippen LogP contribution in [0.3, 0.4) is 0 Å². The Bertz CT molecular complexity index is 645. The molecular weight excluding hydrogens is 304 g/mol. The number of nitrogens with one attached hydrogen (secondary N) is 1. The van der Waals surface area contributed by atoms with Gasteiger partial charge in [0.2, 0.25) is 0 Å². The molecule has 6 heteroatoms. The van der Waals surface area contributed by atoms with Gasteiger partial charge in [-0.2, -0.15) is 5.26 Å². The summed E-state index contributed by atoms with van der Waals surface area (Å²) >= 11 is 0. The highest BCUT2D eigenvalue weighted by Crippen LogP contribution is 2.20. The molecule has 0 aromatic heterocycles. The molecule has 2 amide bonds. The quantitative estimate of drug-likeness (QED) is 0.890. The number of piperazine rings is 1. The van der Waals surface area contributed by atoms with Crippen LogP contribution in [0.5, 0.6) is 0 Å². The maximum atomic E-state index is 12.6. The van der Waals surface area contributed by atoms with E-state index in [4.69, 9.17) is 5.26 Å². The third kappa shape index (κ3) is 4.47. The first-order valence-electron chi connectivity index (χ1n) is 8.23. The number of nitriles is 1. The van der Waals surface area contributed by atoms with Crippen molar-refractivity contribution in [1.82, 2.24) is 9.80 Å². The molecule has 1 heterocycles. The average molecular weight is 330 g/mol. The van der Waals surface area contributed by atoms with Crippen LogP contribution < -0.4 is 5.32 Å². The summed E-state index contributed by atoms with van der Waals surface area (Å²) in [5.74, 6) is 0. The summed E-state index contributed by atoms with van der Waals surface area (Å²) in [5.41, 5.74) is 1.28. The molecule has 1 aromatic rings. The molecule has 1 saturated heterocycles. The molecule has 0 spiro atoms. The number of benzene rings is 1. The lowest BCUT2D eigenvalue weighted by molar-refractivity contribution is 0.0130. The Morgan fingerprint density at radius 3 is 2.75 bits per heavy atom. The zero-order valence-corrected chi connectivity index (χ0v) is 14.8. The number of aliphatic hydroxyl groups is 1. The van der Waals surface area contributed by atoms with Crippen molar-refractivity contribution < 1.29 is 9.90 Å². The highest BCUT2D eigenvalue weighted by molar-refractivity contribution is 5.90. The Hall–Kier alpha value is -2.10. The molecule has 130 valence electrons. The third-order valence-electron chi connectivity index (χ3n) is 4.28. The lowest BCUT2D eigenvalue weighted by Crippen LogP contribution is -2.57. The summed E-state index contributed by atoms with van der Waals surface area (Å²) in [6, 6.07) is 7.35. The first-order valence-corrected chi connectivity index (χ1v) is 8.23. The molecule has 24 heavy (non-hydrogen) atoms. The second-order valence-corrected chi connectivity index (χ2v) is 7.11. The zero-order chi connectivity index (χ0) is 17.9. The Morgan fingerprint density at radius 1 is 1.46 bits per heavy atom. The minimum absolute atomic E-state index is 0.0561. The van der Waals surface area contributed by atoms with Crippen molar-refractivity contribution in [3.63, 3.8) is 0 Å². The van der Waals surface area contributed by atoms with Gasteiger partial charge in [0.05, 0.1) is 17.2 Å². The van der Waals surface area contributed by atoms with Gasteiger partial charge in [-0.25, -0.2) is 4.79 Å². The number of urea groups is 1. The van der Waals surface area contributed by atoms with Gasteiger partial charge in [-0.15, -0.1) is 0 Å². The van der Waals surface area contributed by atoms with Crippen molar-refractivity contribution in [2.24, 2.45) is 0 Å². The van der Waals surface area contributed by atoms with E-state index in [9.17, 15) is 9.90 Å². The smallest absolute Gasteiger partial charge is 0.322 e. The van der Waals surface area contributed by atoms with Crippen molar-refractivity contribution in [1.29, 1.82) is 5.26 Å². The van der Waals surface area contributed by atoms with Gasteiger partial charge in [0.25, 0.3) is 0 Å². The van der Waals surface area contributed by atoms with Gasteiger partial charge in [-0.1, -0.05) is 6.07 Å². The Kier molecular flexibility index (Phi) is 5.47. The van der Waals surface area contributed by atoms with Crippen LogP contribution in [0.15, 0.2) is 18.2 Å². The summed E-state index contributed by atoms with van der Waals surface area (Å²) in [6.45, 7) is 10.1. The largest absolute Gasteiger partial charge is 0.389 e. The van der Waals surface area contributed by atoms with E-state index in [1.54, 1.807) is 30.9 Å². The first-order chi connectivity index (χ1) is 11.2. The predicted octanol–water partition coefficient (Wildman–Crippen LogP) is 2.18. The lowest BCUT2D eigenvalue weighted by Gasteiger charge is -2.41. The van der Waals surface area contributed by atoms with Crippen LogP contribution in [0.25, 0.3) is 0 Å². The highest BCUT2D eigenvalue weighted by Gasteiger charge is 2.30. The van der Waals surface area contributed by atoms with Gasteiger partial charge >= 0.3 is 6.03 Å². The van der Waals surface area contributed by atoms with Crippen LogP contribution in [-0.2, 0) is 0 Å². The summed E-state index contributed by atoms with van der Waals surface area (Å²) in [6.07, 6.45) is 0. The van der Waals surface area contributed by atoms with E-state index in [-0.39, 0.29) is 12.1 Å². The van der Waals surface area contributed by atoms with Crippen molar-refractivity contribution in [2.45, 2.75) is 39.3 Å². The fraction of sp³-hybridized carbons (Fsp3) is 0.556. The van der Waals surface area contributed by atoms with Gasteiger partial charge in [0.15, 0.2) is 0 Å². The standard InChI is InChI=1S/C18H26N4O2/c1-13-11-21(12-18(3,4)24)8-9-22(13)17(23)20-16-7-5-6-15(10-19)14(16)2/h5-7,13,24H,8-9,11-12H2,1-4H3,(H,20,23). The van der Waals surface area contributed by atoms with Crippen molar-refractivity contribution in [2.75, 3.05) is 31.5 Å². The molecule has 0 aliphatic carbocycles. The van der Waals surface area contributed by atoms with E-state index >= 15 is 0 Å². The maximum Gasteiger partial charge on any atom is 0.322 e. The van der Waals surface area contributed by atoms with Crippen LogP contribution >= 0.6 is 0 Å². The van der Waals surface area contributed by atoms with Crippen molar-refractivity contribution >= 4 is 11.7 Å². The van der Waals surface area contributed by atoms with Gasteiger partial charge < -0.3 is 15.3 Å². The highest BCUT2D eigenvalue weighted by atomic mass is 16.3. The summed E-state index contributed by atoms with van der Waals surface area (Å²) in [7, 11) is 0. The molecule has 0 bridgehead atoms. The number of hydrogen-bond donors (Lipinski definition) is 2. The number of rotatable bonds is 3. The predicted molar refractivity (Wildman–Crippen MR) is 93.8 cm³/mol. The molecule has 1 fully saturated rings. The van der Waals surface area contributed by atoms with E-state index in [1.807, 2.05) is 19.9 Å². The second kappa shape index (κ2) is 7.20. The molecule has 1 aromatic carbocycles. The van der Waals surface area contributed by atoms with Crippen molar-refractivity contribution in [3.05, 3.63) is 29.3 Å². The molecule has 1 aliphatic heterocycles. The van der Waals surface area contributed by atoms with Crippen LogP contribution in [0.1, 0.15) is 31.9 Å². The number of carbonyl (C=O) groups excluding carboxylic acids is 1. The van der Waals surface area contributed by atoms with Crippen LogP contribution in [0.2, 0.25) is 0 Å². The number of anilines is 1. The molecular formula is C18H26N4O2. The van der Waals surface area contributed by atoms with Crippen LogP contribution in [0.4, 0.5) is 10.5 Å². The molecule has 6 nitrogen and oxygen atoms in total. The summed E-state index contributed by atoms with van der Waals surface area (Å²) < 4.78 is 0. The first kappa shape index (κ1) is 18.2. The minimum Gasteiger partial charge on any atom is -0.389 e. The van der Waals surface area contributed by atoms with Gasteiger partial charge in [0, 0.05) is 37.9 Å². The fourth-order valence-electron chi connectivity index (χ4n) is 3.10. The molecule has 2 rings (SSSR count). The molecule has 0 saturated carbocycles. The van der Waals surface area contributed by atoms with E-state index in [0.29, 0.717) is 24.3 Å². The summed E-state index contributed by atoms with van der Waals surface area (Å²) in [5, 5.41) is 22.0. The third-order valence-corrected chi connectivity index (χ3v) is 4.28. The lowest BCUT2D eigenvalue weighted by atomic mass is 10.1. The van der Waals surface area contributed by atoms with E-state index in [0.717, 1.165) is 18.7 Å². The SMILES string of the molecule is Cc1c(C#N)cccc1NC(=O)N1CCN(CC(C)(C)O)CC1C. The van der Waals surface area contributed by atoms with E-state index in [1.165, 1.54) is 0 Å². The monoisotopic (exact) mass is 330 g/mol. The number of β-amino-alcohol motifs (C(OH)–C–C–N with tert-alkyl or cyclic N) is 1. The Labute approximate surface area is 143 Å². The number of hydrogen-bond acceptors (Lipinski definition) is 4. The van der Waals surface area contributed by atoms with Crippen LogP contribution in [-0.4, -0.2) is 58.8 Å². The van der Waals surface area contributed by atoms with Gasteiger partial charge in [-0.3, -0.25) is 4.90 Å². The van der Waals surface area contributed by atoms with Gasteiger partial charge in [0.1, 0.15) is 0 Å². The number of nitrogens with zero attached hydrogens (tertiary/aromatic N) is 3. The Morgan fingerprint density at radius 2 is 2.17 bits per heavy atom. The minimum atomic E-state index is -0.737. The number of amides is 2. The maximum absolute atomic E-state index is 12.6. The molecule has 1 unspecified atom stereocenters. The molecule has 2 N–H and O–H groups in total. The summed E-state index contributed by atoms with van der Waals surface area (Å²) in [4.78, 5) is 16.6. The van der Waals surface area contributed by atoms with E-state index in [2.05, 4.69) is 16.3 Å². The normalized spacial score (nSPS) is 19.0. The topological polar surface area (TPSA) is 79.6 Å². The second-order valence-electron chi connectivity index (χ2n) is 7.11. The van der Waals surface area contributed by atoms with Crippen LogP contribution in [0, 0.1) is 18.3 Å². The average Bonchev–Trinajstić information content (AvgIpc) is 2.47. The molecule has 0 radical (unpaired) electrons. The molecule has 1 atom stereocenters. The molecule has 1 aliphatic rings. The Balaban J connectivity index is 2.01. The fourth-order valence-corrected chi connectivity index (χ4v) is 3.10. The number of carbonyl (C=O) groups is 1. The van der Waals surface area contributed by atoms with Crippen molar-refractivity contribution in [3.8, 4) is 6.07 Å². The zero-order valence-electron chi connectivity index (χ0n) is 14.8. The van der Waals surface area contributed by atoms with Gasteiger partial charge in [-0.05, 0) is 45.4 Å².